The predicted octanol–water partition coefficient (Wildman–Crippen LogP) is 2.57. The van der Waals surface area contributed by atoms with Crippen molar-refractivity contribution in [2.24, 2.45) is 11.1 Å². The van der Waals surface area contributed by atoms with E-state index in [1.807, 2.05) is 0 Å². The third kappa shape index (κ3) is 2.19. The number of amides is 2. The molecule has 1 saturated heterocycles. The molecule has 8 heteroatoms. The van der Waals surface area contributed by atoms with Crippen LogP contribution in [-0.2, 0) is 9.59 Å². The Morgan fingerprint density at radius 1 is 1.21 bits per heavy atom. The molecule has 2 amide bonds. The molecular formula is C16H15F4N2O2. The summed E-state index contributed by atoms with van der Waals surface area (Å²) in [4.78, 5) is 25.0. The summed E-state index contributed by atoms with van der Waals surface area (Å²) in [7, 11) is 0. The summed E-state index contributed by atoms with van der Waals surface area (Å²) in [5.41, 5.74) is 2.57. The third-order valence-corrected chi connectivity index (χ3v) is 4.77. The van der Waals surface area contributed by atoms with E-state index in [9.17, 15) is 18.4 Å². The van der Waals surface area contributed by atoms with Gasteiger partial charge in [-0.05, 0) is 31.4 Å². The van der Waals surface area contributed by atoms with E-state index in [0.717, 1.165) is 12.1 Å². The van der Waals surface area contributed by atoms with E-state index >= 15 is 8.78 Å². The Balaban J connectivity index is 2.17. The van der Waals surface area contributed by atoms with E-state index in [4.69, 9.17) is 5.73 Å². The number of hydrogen-bond donors (Lipinski definition) is 1. The summed E-state index contributed by atoms with van der Waals surface area (Å²) in [6.07, 6.45) is 2.19. The standard InChI is InChI=1S/C16H15F4N2O2/c17-9-6-10(18)8-11(7-9)22-12(13(21)23)16(19,20)15(14(22)24)4-2-1-3-5-15/h2,6-8,12H,1,3-5H2,(H2,21,23). The van der Waals surface area contributed by atoms with E-state index in [-0.39, 0.29) is 12.8 Å². The fourth-order valence-corrected chi connectivity index (χ4v) is 3.66. The van der Waals surface area contributed by atoms with Gasteiger partial charge in [-0.3, -0.25) is 14.5 Å². The molecule has 24 heavy (non-hydrogen) atoms. The first-order valence-electron chi connectivity index (χ1n) is 7.49. The fourth-order valence-electron chi connectivity index (χ4n) is 3.66. The van der Waals surface area contributed by atoms with Gasteiger partial charge in [-0.15, -0.1) is 0 Å². The largest absolute Gasteiger partial charge is 0.368 e. The van der Waals surface area contributed by atoms with Crippen molar-refractivity contribution in [1.29, 1.82) is 0 Å². The van der Waals surface area contributed by atoms with E-state index < -0.39 is 46.5 Å². The van der Waals surface area contributed by atoms with Crippen molar-refractivity contribution < 1.29 is 27.2 Å². The van der Waals surface area contributed by atoms with Crippen molar-refractivity contribution in [3.63, 3.8) is 0 Å². The molecule has 1 aromatic carbocycles. The van der Waals surface area contributed by atoms with Gasteiger partial charge >= 0.3 is 0 Å². The highest BCUT2D eigenvalue weighted by molar-refractivity contribution is 6.08. The molecule has 1 heterocycles. The van der Waals surface area contributed by atoms with Gasteiger partial charge in [-0.1, -0.05) is 12.8 Å². The van der Waals surface area contributed by atoms with Crippen LogP contribution < -0.4 is 10.6 Å². The zero-order valence-electron chi connectivity index (χ0n) is 12.6. The molecule has 2 atom stereocenters. The summed E-state index contributed by atoms with van der Waals surface area (Å²) >= 11 is 0. The first-order valence-corrected chi connectivity index (χ1v) is 7.49. The fraction of sp³-hybridized carbons (Fsp3) is 0.438. The van der Waals surface area contributed by atoms with Crippen LogP contribution in [0.25, 0.3) is 0 Å². The Bertz CT molecular complexity index is 681. The molecule has 1 aliphatic heterocycles. The average molecular weight is 343 g/mol. The van der Waals surface area contributed by atoms with E-state index in [2.05, 4.69) is 0 Å². The molecule has 129 valence electrons. The Morgan fingerprint density at radius 2 is 1.83 bits per heavy atom. The van der Waals surface area contributed by atoms with Gasteiger partial charge in [-0.2, -0.15) is 0 Å². The maximum atomic E-state index is 15.0. The second kappa shape index (κ2) is 5.46. The average Bonchev–Trinajstić information content (AvgIpc) is 2.65. The molecule has 2 N–H and O–H groups in total. The molecule has 1 spiro atoms. The highest BCUT2D eigenvalue weighted by Gasteiger charge is 2.73. The summed E-state index contributed by atoms with van der Waals surface area (Å²) in [6, 6.07) is -0.263. The van der Waals surface area contributed by atoms with E-state index in [0.29, 0.717) is 23.8 Å². The quantitative estimate of drug-likeness (QED) is 0.839. The number of anilines is 1. The number of nitrogens with two attached hydrogens (primary N) is 1. The van der Waals surface area contributed by atoms with Gasteiger partial charge in [0.25, 0.3) is 5.92 Å². The van der Waals surface area contributed by atoms with Crippen LogP contribution in [0.5, 0.6) is 0 Å². The van der Waals surface area contributed by atoms with Gasteiger partial charge < -0.3 is 5.73 Å². The molecule has 2 unspecified atom stereocenters. The topological polar surface area (TPSA) is 63.4 Å². The van der Waals surface area contributed by atoms with Crippen molar-refractivity contribution in [1.82, 2.24) is 0 Å². The van der Waals surface area contributed by atoms with Crippen LogP contribution in [0.3, 0.4) is 0 Å². The Hall–Kier alpha value is -2.12. The van der Waals surface area contributed by atoms with Gasteiger partial charge in [-0.25, -0.2) is 17.6 Å². The number of halogens is 4. The van der Waals surface area contributed by atoms with Gasteiger partial charge in [0.2, 0.25) is 11.8 Å². The maximum absolute atomic E-state index is 15.0. The van der Waals surface area contributed by atoms with Gasteiger partial charge in [0.15, 0.2) is 6.04 Å². The zero-order valence-corrected chi connectivity index (χ0v) is 12.6. The first kappa shape index (κ1) is 16.7. The molecule has 0 bridgehead atoms. The van der Waals surface area contributed by atoms with Gasteiger partial charge in [0.1, 0.15) is 17.0 Å². The SMILES string of the molecule is NC(=O)C1N(c2cc(F)cc(F)c2)C(=O)C2(C[CH]CCC2)C1(F)F. The lowest BCUT2D eigenvalue weighted by atomic mass is 9.69. The summed E-state index contributed by atoms with van der Waals surface area (Å²) in [6.45, 7) is 0. The molecule has 1 aliphatic carbocycles. The minimum atomic E-state index is -3.74. The Kier molecular flexibility index (Phi) is 3.80. The number of alkyl halides is 2. The lowest BCUT2D eigenvalue weighted by Crippen LogP contribution is -2.52. The maximum Gasteiger partial charge on any atom is 0.291 e. The van der Waals surface area contributed by atoms with Gasteiger partial charge in [0.05, 0.1) is 5.69 Å². The van der Waals surface area contributed by atoms with Crippen LogP contribution in [0, 0.1) is 23.5 Å². The normalized spacial score (nSPS) is 25.2. The van der Waals surface area contributed by atoms with Crippen LogP contribution in [0.2, 0.25) is 0 Å². The van der Waals surface area contributed by atoms with Crippen molar-refractivity contribution >= 4 is 17.5 Å². The number of primary amides is 1. The molecule has 2 fully saturated rings. The number of carbonyl (C=O) groups is 2. The minimum absolute atomic E-state index is 0.118. The van der Waals surface area contributed by atoms with Crippen molar-refractivity contribution in [3.8, 4) is 0 Å². The molecular weight excluding hydrogens is 328 g/mol. The molecule has 0 aromatic heterocycles. The van der Waals surface area contributed by atoms with Crippen LogP contribution in [0.1, 0.15) is 25.7 Å². The number of benzene rings is 1. The second-order valence-corrected chi connectivity index (χ2v) is 6.20. The van der Waals surface area contributed by atoms with Gasteiger partial charge in [0, 0.05) is 6.07 Å². The lowest BCUT2D eigenvalue weighted by Gasteiger charge is -2.35. The van der Waals surface area contributed by atoms with Crippen molar-refractivity contribution in [2.75, 3.05) is 4.90 Å². The van der Waals surface area contributed by atoms with Crippen LogP contribution in [0.15, 0.2) is 18.2 Å². The smallest absolute Gasteiger partial charge is 0.291 e. The second-order valence-electron chi connectivity index (χ2n) is 6.20. The molecule has 1 radical (unpaired) electrons. The third-order valence-electron chi connectivity index (χ3n) is 4.77. The van der Waals surface area contributed by atoms with Crippen molar-refractivity contribution in [3.05, 3.63) is 36.3 Å². The van der Waals surface area contributed by atoms with Crippen molar-refractivity contribution in [2.45, 2.75) is 37.6 Å². The molecule has 4 nitrogen and oxygen atoms in total. The number of rotatable bonds is 2. The van der Waals surface area contributed by atoms with Crippen LogP contribution in [0.4, 0.5) is 23.2 Å². The summed E-state index contributed by atoms with van der Waals surface area (Å²) < 4.78 is 57.0. The van der Waals surface area contributed by atoms with Crippen LogP contribution in [-0.4, -0.2) is 23.8 Å². The van der Waals surface area contributed by atoms with E-state index in [1.54, 1.807) is 6.42 Å². The predicted molar refractivity (Wildman–Crippen MR) is 77.0 cm³/mol. The van der Waals surface area contributed by atoms with Crippen LogP contribution >= 0.6 is 0 Å². The highest BCUT2D eigenvalue weighted by Crippen LogP contribution is 2.57. The number of carbonyl (C=O) groups excluding carboxylic acids is 2. The Morgan fingerprint density at radius 3 is 2.33 bits per heavy atom. The zero-order chi connectivity index (χ0) is 17.7. The minimum Gasteiger partial charge on any atom is -0.368 e. The highest BCUT2D eigenvalue weighted by atomic mass is 19.3. The molecule has 3 rings (SSSR count). The van der Waals surface area contributed by atoms with E-state index in [1.165, 1.54) is 0 Å². The lowest BCUT2D eigenvalue weighted by molar-refractivity contribution is -0.154. The molecule has 1 saturated carbocycles. The monoisotopic (exact) mass is 343 g/mol. The summed E-state index contributed by atoms with van der Waals surface area (Å²) in [5.74, 6) is -8.27. The number of nitrogens with zero attached hydrogens (tertiary/aromatic N) is 1. The Labute approximate surface area is 135 Å². The number of hydrogen-bond acceptors (Lipinski definition) is 2. The molecule has 1 aromatic rings. The summed E-state index contributed by atoms with van der Waals surface area (Å²) in [5, 5.41) is 0. The first-order chi connectivity index (χ1) is 11.2. The molecule has 2 aliphatic rings.